The van der Waals surface area contributed by atoms with Gasteiger partial charge in [-0.15, -0.1) is 0 Å². The van der Waals surface area contributed by atoms with Crippen LogP contribution in [0.5, 0.6) is 0 Å². The van der Waals surface area contributed by atoms with Crippen LogP contribution < -0.4 is 16.4 Å². The van der Waals surface area contributed by atoms with Crippen LogP contribution in [0.4, 0.5) is 19.7 Å². The standard InChI is InChI=1S/C21H29F2N5O3S2/c1-2-9-25-10-4-13-33(30,31)28-11-7-14(8-12-28)26-21-27-20(24)19(32-21)18(29)17-15(22)5-3-6-16(17)23/h3,5-6,14,25H,2,4,7-13,24H2,1H3,(H,26,27). The molecule has 4 N–H and O–H groups in total. The monoisotopic (exact) mass is 501 g/mol. The fourth-order valence-corrected chi connectivity index (χ4v) is 6.09. The lowest BCUT2D eigenvalue weighted by molar-refractivity contribution is 0.103. The summed E-state index contributed by atoms with van der Waals surface area (Å²) >= 11 is 0.928. The molecule has 1 aromatic carbocycles. The molecule has 0 amide bonds. The Hall–Kier alpha value is -2.15. The summed E-state index contributed by atoms with van der Waals surface area (Å²) in [4.78, 5) is 16.7. The van der Waals surface area contributed by atoms with Crippen molar-refractivity contribution < 1.29 is 22.0 Å². The highest BCUT2D eigenvalue weighted by molar-refractivity contribution is 7.89. The van der Waals surface area contributed by atoms with Gasteiger partial charge in [0.1, 0.15) is 22.3 Å². The molecule has 0 spiro atoms. The normalized spacial score (nSPS) is 15.6. The number of sulfonamides is 1. The van der Waals surface area contributed by atoms with Crippen molar-refractivity contribution in [3.8, 4) is 0 Å². The number of rotatable bonds is 11. The first-order chi connectivity index (χ1) is 15.7. The van der Waals surface area contributed by atoms with E-state index in [4.69, 9.17) is 5.73 Å². The van der Waals surface area contributed by atoms with Gasteiger partial charge in [0, 0.05) is 19.1 Å². The van der Waals surface area contributed by atoms with E-state index in [-0.39, 0.29) is 22.5 Å². The van der Waals surface area contributed by atoms with Crippen LogP contribution in [0.1, 0.15) is 47.8 Å². The lowest BCUT2D eigenvalue weighted by Crippen LogP contribution is -2.43. The number of ketones is 1. The van der Waals surface area contributed by atoms with Crippen molar-refractivity contribution in [2.45, 2.75) is 38.6 Å². The predicted octanol–water partition coefficient (Wildman–Crippen LogP) is 2.83. The zero-order chi connectivity index (χ0) is 24.0. The van der Waals surface area contributed by atoms with Crippen molar-refractivity contribution in [1.29, 1.82) is 0 Å². The van der Waals surface area contributed by atoms with Crippen molar-refractivity contribution in [2.24, 2.45) is 0 Å². The largest absolute Gasteiger partial charge is 0.382 e. The molecule has 1 aliphatic heterocycles. The van der Waals surface area contributed by atoms with Crippen LogP contribution in [0.3, 0.4) is 0 Å². The lowest BCUT2D eigenvalue weighted by Gasteiger charge is -2.31. The predicted molar refractivity (Wildman–Crippen MR) is 126 cm³/mol. The Morgan fingerprint density at radius 3 is 2.55 bits per heavy atom. The zero-order valence-electron chi connectivity index (χ0n) is 18.4. The van der Waals surface area contributed by atoms with Gasteiger partial charge in [0.25, 0.3) is 0 Å². The first-order valence-electron chi connectivity index (χ1n) is 10.9. The Kier molecular flexibility index (Phi) is 8.74. The topological polar surface area (TPSA) is 117 Å². The minimum Gasteiger partial charge on any atom is -0.382 e. The van der Waals surface area contributed by atoms with E-state index in [1.54, 1.807) is 0 Å². The first-order valence-corrected chi connectivity index (χ1v) is 13.4. The van der Waals surface area contributed by atoms with E-state index in [1.165, 1.54) is 10.4 Å². The van der Waals surface area contributed by atoms with Crippen LogP contribution in [0.25, 0.3) is 0 Å². The van der Waals surface area contributed by atoms with Crippen molar-refractivity contribution in [2.75, 3.05) is 43.0 Å². The van der Waals surface area contributed by atoms with Gasteiger partial charge >= 0.3 is 0 Å². The summed E-state index contributed by atoms with van der Waals surface area (Å²) in [5, 5.41) is 6.73. The summed E-state index contributed by atoms with van der Waals surface area (Å²) in [5.74, 6) is -2.77. The van der Waals surface area contributed by atoms with Gasteiger partial charge in [0.2, 0.25) is 15.8 Å². The highest BCUT2D eigenvalue weighted by Crippen LogP contribution is 2.30. The van der Waals surface area contributed by atoms with Crippen LogP contribution >= 0.6 is 11.3 Å². The van der Waals surface area contributed by atoms with E-state index in [1.807, 2.05) is 0 Å². The molecule has 2 heterocycles. The number of anilines is 2. The van der Waals surface area contributed by atoms with E-state index in [0.717, 1.165) is 36.4 Å². The van der Waals surface area contributed by atoms with Crippen LogP contribution in [0, 0.1) is 11.6 Å². The van der Waals surface area contributed by atoms with Crippen LogP contribution in [0.15, 0.2) is 18.2 Å². The average molecular weight is 502 g/mol. The van der Waals surface area contributed by atoms with Gasteiger partial charge in [-0.2, -0.15) is 0 Å². The third kappa shape index (κ3) is 6.46. The summed E-state index contributed by atoms with van der Waals surface area (Å²) in [6.45, 7) is 4.38. The third-order valence-corrected chi connectivity index (χ3v) is 8.36. The maximum absolute atomic E-state index is 14.0. The van der Waals surface area contributed by atoms with E-state index < -0.39 is 33.0 Å². The summed E-state index contributed by atoms with van der Waals surface area (Å²) in [6.07, 6.45) is 2.71. The molecule has 182 valence electrons. The van der Waals surface area contributed by atoms with Crippen molar-refractivity contribution in [3.05, 3.63) is 40.3 Å². The van der Waals surface area contributed by atoms with E-state index in [2.05, 4.69) is 22.5 Å². The third-order valence-electron chi connectivity index (χ3n) is 5.41. The van der Waals surface area contributed by atoms with Gasteiger partial charge in [0.15, 0.2) is 5.13 Å². The second-order valence-electron chi connectivity index (χ2n) is 7.90. The SMILES string of the molecule is CCCNCCCS(=O)(=O)N1CCC(Nc2nc(N)c(C(=O)c3c(F)cccc3F)s2)CC1. The summed E-state index contributed by atoms with van der Waals surface area (Å²) in [6, 6.07) is 3.15. The molecule has 2 aromatic rings. The molecule has 1 aliphatic rings. The number of aromatic nitrogens is 1. The Labute approximate surface area is 196 Å². The summed E-state index contributed by atoms with van der Waals surface area (Å²) < 4.78 is 54.6. The molecular formula is C21H29F2N5O3S2. The highest BCUT2D eigenvalue weighted by atomic mass is 32.2. The van der Waals surface area contributed by atoms with Gasteiger partial charge < -0.3 is 16.4 Å². The van der Waals surface area contributed by atoms with Gasteiger partial charge in [-0.05, 0) is 50.9 Å². The summed E-state index contributed by atoms with van der Waals surface area (Å²) in [5.41, 5.74) is 5.18. The van der Waals surface area contributed by atoms with Gasteiger partial charge in [-0.3, -0.25) is 4.79 Å². The molecule has 1 fully saturated rings. The Morgan fingerprint density at radius 1 is 1.24 bits per heavy atom. The molecule has 0 atom stereocenters. The number of nitrogens with one attached hydrogen (secondary N) is 2. The van der Waals surface area contributed by atoms with Crippen molar-refractivity contribution >= 4 is 38.1 Å². The van der Waals surface area contributed by atoms with Gasteiger partial charge in [0.05, 0.1) is 11.3 Å². The van der Waals surface area contributed by atoms with Gasteiger partial charge in [-0.25, -0.2) is 26.5 Å². The number of carbonyl (C=O) groups is 1. The van der Waals surface area contributed by atoms with Crippen LogP contribution in [-0.2, 0) is 10.0 Å². The van der Waals surface area contributed by atoms with Crippen LogP contribution in [-0.4, -0.2) is 61.5 Å². The number of nitrogen functional groups attached to an aromatic ring is 1. The maximum Gasteiger partial charge on any atom is 0.214 e. The molecular weight excluding hydrogens is 472 g/mol. The quantitative estimate of drug-likeness (QED) is 0.320. The molecule has 0 unspecified atom stereocenters. The number of nitrogens with two attached hydrogens (primary N) is 1. The number of halogens is 2. The van der Waals surface area contributed by atoms with E-state index in [9.17, 15) is 22.0 Å². The molecule has 3 rings (SSSR count). The molecule has 8 nitrogen and oxygen atoms in total. The molecule has 0 radical (unpaired) electrons. The second kappa shape index (κ2) is 11.3. The van der Waals surface area contributed by atoms with Crippen molar-refractivity contribution in [3.63, 3.8) is 0 Å². The number of hydrogen-bond donors (Lipinski definition) is 3. The molecule has 1 aromatic heterocycles. The minimum atomic E-state index is -3.30. The molecule has 0 aliphatic carbocycles. The molecule has 1 saturated heterocycles. The van der Waals surface area contributed by atoms with Crippen LogP contribution in [0.2, 0.25) is 0 Å². The average Bonchev–Trinajstić information content (AvgIpc) is 3.13. The molecule has 0 bridgehead atoms. The minimum absolute atomic E-state index is 0.0433. The number of piperidine rings is 1. The lowest BCUT2D eigenvalue weighted by atomic mass is 10.1. The fourth-order valence-electron chi connectivity index (χ4n) is 3.65. The first kappa shape index (κ1) is 25.5. The fraction of sp³-hybridized carbons (Fsp3) is 0.524. The number of hydrogen-bond acceptors (Lipinski definition) is 8. The number of carbonyl (C=O) groups excluding carboxylic acids is 1. The number of thiazole rings is 1. The molecule has 33 heavy (non-hydrogen) atoms. The zero-order valence-corrected chi connectivity index (χ0v) is 20.1. The number of benzene rings is 1. The molecule has 0 saturated carbocycles. The Morgan fingerprint density at radius 2 is 1.91 bits per heavy atom. The highest BCUT2D eigenvalue weighted by Gasteiger charge is 2.29. The Bertz CT molecular complexity index is 1050. The smallest absolute Gasteiger partial charge is 0.214 e. The van der Waals surface area contributed by atoms with E-state index >= 15 is 0 Å². The number of nitrogens with zero attached hydrogens (tertiary/aromatic N) is 2. The summed E-state index contributed by atoms with van der Waals surface area (Å²) in [7, 11) is -3.30. The Balaban J connectivity index is 1.56. The second-order valence-corrected chi connectivity index (χ2v) is 11.0. The van der Waals surface area contributed by atoms with Crippen molar-refractivity contribution in [1.82, 2.24) is 14.6 Å². The molecule has 12 heteroatoms. The maximum atomic E-state index is 14.0. The van der Waals surface area contributed by atoms with E-state index in [0.29, 0.717) is 44.0 Å². The van der Waals surface area contributed by atoms with Gasteiger partial charge in [-0.1, -0.05) is 24.3 Å².